The molecule has 0 unspecified atom stereocenters. The van der Waals surface area contributed by atoms with Crippen LogP contribution >= 0.6 is 0 Å². The quantitative estimate of drug-likeness (QED) is 0.810. The van der Waals surface area contributed by atoms with Gasteiger partial charge in [0, 0.05) is 24.5 Å². The molecule has 0 radical (unpaired) electrons. The summed E-state index contributed by atoms with van der Waals surface area (Å²) >= 11 is 0. The minimum atomic E-state index is 0.673. The molecule has 0 saturated carbocycles. The Hall–Kier alpha value is -1.65. The van der Waals surface area contributed by atoms with Crippen LogP contribution in [0.25, 0.3) is 10.9 Å². The molecule has 0 aliphatic rings. The number of nitrogens with zero attached hydrogens (tertiary/aromatic N) is 2. The van der Waals surface area contributed by atoms with E-state index >= 15 is 0 Å². The normalized spacial score (nSPS) is 11.2. The molecular weight excluding hydrogens is 262 g/mol. The van der Waals surface area contributed by atoms with E-state index in [1.165, 1.54) is 10.9 Å². The van der Waals surface area contributed by atoms with E-state index in [0.717, 1.165) is 31.7 Å². The first-order chi connectivity index (χ1) is 10.3. The van der Waals surface area contributed by atoms with E-state index in [-0.39, 0.29) is 0 Å². The van der Waals surface area contributed by atoms with Gasteiger partial charge in [0.15, 0.2) is 0 Å². The largest absolute Gasteiger partial charge is 0.476 e. The fourth-order valence-corrected chi connectivity index (χ4v) is 2.45. The Morgan fingerprint density at radius 1 is 1.19 bits per heavy atom. The standard InChI is InChI=1S/C17H25N3O/c1-4-20(5-2)10-11-21-17-12-14(13-18-3)15-8-6-7-9-16(15)19-17/h6-9,12,18H,4-5,10-11,13H2,1-3H3. The number of likely N-dealkylation sites (N-methyl/N-ethyl adjacent to an activating group) is 1. The van der Waals surface area contributed by atoms with Crippen molar-refractivity contribution in [2.75, 3.05) is 33.3 Å². The number of fused-ring (bicyclic) bond motifs is 1. The summed E-state index contributed by atoms with van der Waals surface area (Å²) in [6.07, 6.45) is 0. The van der Waals surface area contributed by atoms with Crippen molar-refractivity contribution in [3.8, 4) is 5.88 Å². The lowest BCUT2D eigenvalue weighted by atomic mass is 10.1. The SMILES string of the molecule is CCN(CC)CCOc1cc(CNC)c2ccccc2n1. The van der Waals surface area contributed by atoms with Crippen LogP contribution in [-0.2, 0) is 6.54 Å². The summed E-state index contributed by atoms with van der Waals surface area (Å²) in [6.45, 7) is 8.86. The molecule has 4 nitrogen and oxygen atoms in total. The Morgan fingerprint density at radius 2 is 1.95 bits per heavy atom. The summed E-state index contributed by atoms with van der Waals surface area (Å²) in [5, 5.41) is 4.39. The molecule has 0 saturated heterocycles. The van der Waals surface area contributed by atoms with Gasteiger partial charge in [-0.1, -0.05) is 32.0 Å². The maximum absolute atomic E-state index is 5.85. The van der Waals surface area contributed by atoms with Crippen LogP contribution < -0.4 is 10.1 Å². The lowest BCUT2D eigenvalue weighted by Gasteiger charge is -2.18. The minimum absolute atomic E-state index is 0.673. The summed E-state index contributed by atoms with van der Waals surface area (Å²) < 4.78 is 5.85. The second-order valence-electron chi connectivity index (χ2n) is 5.04. The molecule has 4 heteroatoms. The van der Waals surface area contributed by atoms with E-state index in [0.29, 0.717) is 12.5 Å². The first-order valence-corrected chi connectivity index (χ1v) is 7.66. The average Bonchev–Trinajstić information content (AvgIpc) is 2.52. The predicted molar refractivity (Wildman–Crippen MR) is 87.8 cm³/mol. The molecule has 1 aromatic heterocycles. The number of hydrogen-bond donors (Lipinski definition) is 1. The lowest BCUT2D eigenvalue weighted by Crippen LogP contribution is -2.28. The zero-order valence-electron chi connectivity index (χ0n) is 13.2. The summed E-state index contributed by atoms with van der Waals surface area (Å²) in [4.78, 5) is 6.94. The fourth-order valence-electron chi connectivity index (χ4n) is 2.45. The van der Waals surface area contributed by atoms with Crippen LogP contribution in [0.5, 0.6) is 5.88 Å². The van der Waals surface area contributed by atoms with Crippen LogP contribution in [0.2, 0.25) is 0 Å². The Morgan fingerprint density at radius 3 is 2.67 bits per heavy atom. The van der Waals surface area contributed by atoms with E-state index < -0.39 is 0 Å². The zero-order chi connectivity index (χ0) is 15.1. The molecule has 1 heterocycles. The zero-order valence-corrected chi connectivity index (χ0v) is 13.2. The van der Waals surface area contributed by atoms with Gasteiger partial charge in [-0.2, -0.15) is 0 Å². The third-order valence-electron chi connectivity index (χ3n) is 3.70. The average molecular weight is 287 g/mol. The van der Waals surface area contributed by atoms with Crippen molar-refractivity contribution in [2.24, 2.45) is 0 Å². The number of benzene rings is 1. The third kappa shape index (κ3) is 4.16. The monoisotopic (exact) mass is 287 g/mol. The highest BCUT2D eigenvalue weighted by Crippen LogP contribution is 2.21. The van der Waals surface area contributed by atoms with Gasteiger partial charge in [-0.3, -0.25) is 0 Å². The van der Waals surface area contributed by atoms with E-state index in [2.05, 4.69) is 35.1 Å². The van der Waals surface area contributed by atoms with Crippen LogP contribution in [0.3, 0.4) is 0 Å². The molecule has 0 aliphatic heterocycles. The van der Waals surface area contributed by atoms with Gasteiger partial charge in [0.25, 0.3) is 0 Å². The van der Waals surface area contributed by atoms with E-state index in [9.17, 15) is 0 Å². The van der Waals surface area contributed by atoms with Crippen LogP contribution in [0.1, 0.15) is 19.4 Å². The number of rotatable bonds is 8. The minimum Gasteiger partial charge on any atom is -0.476 e. The number of hydrogen-bond acceptors (Lipinski definition) is 4. The van der Waals surface area contributed by atoms with Gasteiger partial charge in [0.1, 0.15) is 6.61 Å². The third-order valence-corrected chi connectivity index (χ3v) is 3.70. The molecule has 114 valence electrons. The van der Waals surface area contributed by atoms with Gasteiger partial charge in [0.05, 0.1) is 5.52 Å². The van der Waals surface area contributed by atoms with Gasteiger partial charge in [-0.15, -0.1) is 0 Å². The van der Waals surface area contributed by atoms with Gasteiger partial charge >= 0.3 is 0 Å². The summed E-state index contributed by atoms with van der Waals surface area (Å²) in [7, 11) is 1.95. The maximum atomic E-state index is 5.85. The number of pyridine rings is 1. The maximum Gasteiger partial charge on any atom is 0.214 e. The van der Waals surface area contributed by atoms with E-state index in [4.69, 9.17) is 4.74 Å². The molecule has 0 aliphatic carbocycles. The summed E-state index contributed by atoms with van der Waals surface area (Å²) in [5.74, 6) is 0.714. The highest BCUT2D eigenvalue weighted by molar-refractivity contribution is 5.82. The van der Waals surface area contributed by atoms with Crippen molar-refractivity contribution in [3.63, 3.8) is 0 Å². The highest BCUT2D eigenvalue weighted by atomic mass is 16.5. The van der Waals surface area contributed by atoms with E-state index in [1.807, 2.05) is 31.3 Å². The van der Waals surface area contributed by atoms with Crippen molar-refractivity contribution >= 4 is 10.9 Å². The lowest BCUT2D eigenvalue weighted by molar-refractivity contribution is 0.218. The molecule has 2 rings (SSSR count). The van der Waals surface area contributed by atoms with Crippen LogP contribution in [-0.4, -0.2) is 43.2 Å². The smallest absolute Gasteiger partial charge is 0.214 e. The molecule has 0 bridgehead atoms. The van der Waals surface area contributed by atoms with Crippen LogP contribution in [0.15, 0.2) is 30.3 Å². The Bertz CT molecular complexity index is 567. The molecule has 0 atom stereocenters. The van der Waals surface area contributed by atoms with Gasteiger partial charge < -0.3 is 15.0 Å². The highest BCUT2D eigenvalue weighted by Gasteiger charge is 2.06. The Balaban J connectivity index is 2.12. The molecule has 1 aromatic carbocycles. The molecule has 0 spiro atoms. The Kier molecular flexibility index (Phi) is 5.96. The van der Waals surface area contributed by atoms with Crippen molar-refractivity contribution in [2.45, 2.75) is 20.4 Å². The van der Waals surface area contributed by atoms with Crippen molar-refractivity contribution in [1.82, 2.24) is 15.2 Å². The molecule has 21 heavy (non-hydrogen) atoms. The second-order valence-corrected chi connectivity index (χ2v) is 5.04. The number of nitrogens with one attached hydrogen (secondary N) is 1. The van der Waals surface area contributed by atoms with Gasteiger partial charge in [-0.25, -0.2) is 4.98 Å². The second kappa shape index (κ2) is 7.96. The molecule has 0 fully saturated rings. The molecule has 1 N–H and O–H groups in total. The van der Waals surface area contributed by atoms with Crippen LogP contribution in [0.4, 0.5) is 0 Å². The van der Waals surface area contributed by atoms with Crippen LogP contribution in [0, 0.1) is 0 Å². The fraction of sp³-hybridized carbons (Fsp3) is 0.471. The van der Waals surface area contributed by atoms with E-state index in [1.54, 1.807) is 0 Å². The number of aromatic nitrogens is 1. The Labute approximate surface area is 127 Å². The van der Waals surface area contributed by atoms with Gasteiger partial charge in [-0.05, 0) is 31.8 Å². The topological polar surface area (TPSA) is 37.4 Å². The molecular formula is C17H25N3O. The van der Waals surface area contributed by atoms with Crippen molar-refractivity contribution in [3.05, 3.63) is 35.9 Å². The summed E-state index contributed by atoms with van der Waals surface area (Å²) in [6, 6.07) is 10.2. The van der Waals surface area contributed by atoms with Crippen molar-refractivity contribution in [1.29, 1.82) is 0 Å². The molecule has 0 amide bonds. The van der Waals surface area contributed by atoms with Crippen molar-refractivity contribution < 1.29 is 4.74 Å². The predicted octanol–water partition coefficient (Wildman–Crippen LogP) is 2.67. The molecule has 2 aromatic rings. The first-order valence-electron chi connectivity index (χ1n) is 7.66. The first kappa shape index (κ1) is 15.7. The number of para-hydroxylation sites is 1. The summed E-state index contributed by atoms with van der Waals surface area (Å²) in [5.41, 5.74) is 2.21. The van der Waals surface area contributed by atoms with Gasteiger partial charge in [0.2, 0.25) is 5.88 Å². The number of ether oxygens (including phenoxy) is 1.